The SMILES string of the molecule is Cc1nc(C)c(C(=O)CCNC(CO)C(C)C)s1. The van der Waals surface area contributed by atoms with E-state index in [1.165, 1.54) is 11.3 Å². The number of Topliss-reactive ketones (excluding diaryl/α,β-unsaturated/α-hetero) is 1. The summed E-state index contributed by atoms with van der Waals surface area (Å²) in [7, 11) is 0. The van der Waals surface area contributed by atoms with Crippen molar-refractivity contribution >= 4 is 17.1 Å². The number of hydrogen-bond donors (Lipinski definition) is 2. The number of aryl methyl sites for hydroxylation is 2. The van der Waals surface area contributed by atoms with Crippen molar-refractivity contribution in [2.24, 2.45) is 5.92 Å². The topological polar surface area (TPSA) is 62.2 Å². The molecule has 1 heterocycles. The van der Waals surface area contributed by atoms with Crippen LogP contribution in [0.3, 0.4) is 0 Å². The van der Waals surface area contributed by atoms with Crippen LogP contribution in [0, 0.1) is 19.8 Å². The van der Waals surface area contributed by atoms with Crippen molar-refractivity contribution in [1.82, 2.24) is 10.3 Å². The largest absolute Gasteiger partial charge is 0.395 e. The van der Waals surface area contributed by atoms with Crippen LogP contribution in [0.1, 0.15) is 40.6 Å². The fourth-order valence-corrected chi connectivity index (χ4v) is 2.67. The first-order chi connectivity index (χ1) is 8.45. The Balaban J connectivity index is 2.44. The molecule has 102 valence electrons. The Kier molecular flexibility index (Phi) is 5.91. The minimum atomic E-state index is 0.0575. The van der Waals surface area contributed by atoms with Gasteiger partial charge in [0, 0.05) is 19.0 Å². The lowest BCUT2D eigenvalue weighted by Crippen LogP contribution is -2.38. The molecule has 1 aromatic rings. The minimum Gasteiger partial charge on any atom is -0.395 e. The van der Waals surface area contributed by atoms with Gasteiger partial charge in [-0.3, -0.25) is 4.79 Å². The number of nitrogens with zero attached hydrogens (tertiary/aromatic N) is 1. The Hall–Kier alpha value is -0.780. The number of aromatic nitrogens is 1. The van der Waals surface area contributed by atoms with Crippen molar-refractivity contribution in [1.29, 1.82) is 0 Å². The molecule has 18 heavy (non-hydrogen) atoms. The quantitative estimate of drug-likeness (QED) is 0.743. The second-order valence-corrected chi connectivity index (χ2v) is 6.01. The van der Waals surface area contributed by atoms with Crippen molar-refractivity contribution in [2.75, 3.05) is 13.2 Å². The molecule has 2 N–H and O–H groups in total. The Labute approximate surface area is 112 Å². The van der Waals surface area contributed by atoms with Crippen LogP contribution in [0.2, 0.25) is 0 Å². The van der Waals surface area contributed by atoms with Crippen LogP contribution in [-0.2, 0) is 0 Å². The van der Waals surface area contributed by atoms with E-state index >= 15 is 0 Å². The Morgan fingerprint density at radius 1 is 1.44 bits per heavy atom. The number of hydrogen-bond acceptors (Lipinski definition) is 5. The smallest absolute Gasteiger partial charge is 0.175 e. The lowest BCUT2D eigenvalue weighted by atomic mass is 10.1. The van der Waals surface area contributed by atoms with Crippen LogP contribution in [0.25, 0.3) is 0 Å². The summed E-state index contributed by atoms with van der Waals surface area (Å²) in [6, 6.07) is 0.0575. The molecule has 0 aliphatic rings. The van der Waals surface area contributed by atoms with Crippen molar-refractivity contribution in [3.05, 3.63) is 15.6 Å². The maximum absolute atomic E-state index is 12.0. The normalized spacial score (nSPS) is 13.0. The average Bonchev–Trinajstić information content (AvgIpc) is 2.63. The minimum absolute atomic E-state index is 0.0575. The van der Waals surface area contributed by atoms with Gasteiger partial charge in [-0.05, 0) is 19.8 Å². The summed E-state index contributed by atoms with van der Waals surface area (Å²) in [5, 5.41) is 13.3. The maximum Gasteiger partial charge on any atom is 0.175 e. The van der Waals surface area contributed by atoms with E-state index < -0.39 is 0 Å². The van der Waals surface area contributed by atoms with Gasteiger partial charge in [0.15, 0.2) is 5.78 Å². The zero-order valence-electron chi connectivity index (χ0n) is 11.5. The molecule has 0 aromatic carbocycles. The van der Waals surface area contributed by atoms with Crippen LogP contribution >= 0.6 is 11.3 Å². The van der Waals surface area contributed by atoms with Crippen LogP contribution in [0.5, 0.6) is 0 Å². The zero-order chi connectivity index (χ0) is 13.7. The fraction of sp³-hybridized carbons (Fsp3) is 0.692. The van der Waals surface area contributed by atoms with Crippen LogP contribution in [0.15, 0.2) is 0 Å². The molecular weight excluding hydrogens is 248 g/mol. The summed E-state index contributed by atoms with van der Waals surface area (Å²) in [6.07, 6.45) is 0.450. The number of aliphatic hydroxyl groups is 1. The third-order valence-corrected chi connectivity index (χ3v) is 4.03. The molecule has 1 rings (SSSR count). The number of carbonyl (C=O) groups is 1. The van der Waals surface area contributed by atoms with Gasteiger partial charge >= 0.3 is 0 Å². The van der Waals surface area contributed by atoms with Crippen molar-refractivity contribution < 1.29 is 9.90 Å². The summed E-state index contributed by atoms with van der Waals surface area (Å²) in [5.41, 5.74) is 0.824. The van der Waals surface area contributed by atoms with Crippen LogP contribution < -0.4 is 5.32 Å². The summed E-state index contributed by atoms with van der Waals surface area (Å²) >= 11 is 1.46. The number of nitrogens with one attached hydrogen (secondary N) is 1. The number of carbonyl (C=O) groups excluding carboxylic acids is 1. The molecular formula is C13H22N2O2S. The van der Waals surface area contributed by atoms with Crippen molar-refractivity contribution in [3.8, 4) is 0 Å². The zero-order valence-corrected chi connectivity index (χ0v) is 12.3. The van der Waals surface area contributed by atoms with E-state index in [1.807, 2.05) is 27.7 Å². The Morgan fingerprint density at radius 2 is 2.11 bits per heavy atom. The molecule has 5 heteroatoms. The first kappa shape index (κ1) is 15.3. The standard InChI is InChI=1S/C13H22N2O2S/c1-8(2)11(7-16)14-6-5-12(17)13-9(3)15-10(4)18-13/h8,11,14,16H,5-7H2,1-4H3. The summed E-state index contributed by atoms with van der Waals surface area (Å²) < 4.78 is 0. The van der Waals surface area contributed by atoms with E-state index in [-0.39, 0.29) is 18.4 Å². The van der Waals surface area contributed by atoms with Gasteiger partial charge in [0.05, 0.1) is 22.2 Å². The van der Waals surface area contributed by atoms with E-state index in [9.17, 15) is 9.90 Å². The highest BCUT2D eigenvalue weighted by atomic mass is 32.1. The highest BCUT2D eigenvalue weighted by molar-refractivity contribution is 7.13. The molecule has 4 nitrogen and oxygen atoms in total. The molecule has 0 saturated carbocycles. The van der Waals surface area contributed by atoms with E-state index in [0.717, 1.165) is 15.6 Å². The van der Waals surface area contributed by atoms with Gasteiger partial charge in [-0.25, -0.2) is 4.98 Å². The molecule has 0 spiro atoms. The number of aliphatic hydroxyl groups excluding tert-OH is 1. The van der Waals surface area contributed by atoms with E-state index in [2.05, 4.69) is 10.3 Å². The highest BCUT2D eigenvalue weighted by Gasteiger charge is 2.15. The third-order valence-electron chi connectivity index (χ3n) is 2.92. The summed E-state index contributed by atoms with van der Waals surface area (Å²) in [4.78, 5) is 17.0. The van der Waals surface area contributed by atoms with Gasteiger partial charge in [-0.1, -0.05) is 13.8 Å². The molecule has 0 bridgehead atoms. The second kappa shape index (κ2) is 6.97. The van der Waals surface area contributed by atoms with Crippen LogP contribution in [-0.4, -0.2) is 35.1 Å². The van der Waals surface area contributed by atoms with Gasteiger partial charge in [-0.15, -0.1) is 11.3 Å². The van der Waals surface area contributed by atoms with Gasteiger partial charge in [-0.2, -0.15) is 0 Å². The van der Waals surface area contributed by atoms with Gasteiger partial charge < -0.3 is 10.4 Å². The van der Waals surface area contributed by atoms with Gasteiger partial charge in [0.25, 0.3) is 0 Å². The lowest BCUT2D eigenvalue weighted by molar-refractivity contribution is 0.0981. The van der Waals surface area contributed by atoms with E-state index in [4.69, 9.17) is 0 Å². The number of rotatable bonds is 7. The van der Waals surface area contributed by atoms with E-state index in [0.29, 0.717) is 18.9 Å². The number of ketones is 1. The first-order valence-electron chi connectivity index (χ1n) is 6.27. The fourth-order valence-electron chi connectivity index (χ4n) is 1.79. The first-order valence-corrected chi connectivity index (χ1v) is 7.08. The van der Waals surface area contributed by atoms with Gasteiger partial charge in [0.2, 0.25) is 0 Å². The van der Waals surface area contributed by atoms with E-state index in [1.54, 1.807) is 0 Å². The molecule has 0 aliphatic heterocycles. The molecule has 1 atom stereocenters. The highest BCUT2D eigenvalue weighted by Crippen LogP contribution is 2.18. The van der Waals surface area contributed by atoms with Crippen molar-refractivity contribution in [2.45, 2.75) is 40.2 Å². The molecule has 0 aliphatic carbocycles. The molecule has 0 saturated heterocycles. The summed E-state index contributed by atoms with van der Waals surface area (Å²) in [6.45, 7) is 8.57. The Bertz CT molecular complexity index is 402. The average molecular weight is 270 g/mol. The summed E-state index contributed by atoms with van der Waals surface area (Å²) in [5.74, 6) is 0.489. The lowest BCUT2D eigenvalue weighted by Gasteiger charge is -2.19. The molecule has 0 amide bonds. The second-order valence-electron chi connectivity index (χ2n) is 4.81. The molecule has 1 unspecified atom stereocenters. The molecule has 0 radical (unpaired) electrons. The monoisotopic (exact) mass is 270 g/mol. The van der Waals surface area contributed by atoms with Crippen molar-refractivity contribution in [3.63, 3.8) is 0 Å². The molecule has 1 aromatic heterocycles. The van der Waals surface area contributed by atoms with Crippen LogP contribution in [0.4, 0.5) is 0 Å². The third kappa shape index (κ3) is 4.15. The van der Waals surface area contributed by atoms with Gasteiger partial charge in [0.1, 0.15) is 0 Å². The predicted molar refractivity (Wildman–Crippen MR) is 74.3 cm³/mol. The Morgan fingerprint density at radius 3 is 2.56 bits per heavy atom. The maximum atomic E-state index is 12.0. The predicted octanol–water partition coefficient (Wildman–Crippen LogP) is 1.94. The molecule has 0 fully saturated rings. The number of thiazole rings is 1.